The first kappa shape index (κ1) is 16.9. The van der Waals surface area contributed by atoms with Crippen molar-refractivity contribution in [2.24, 2.45) is 5.73 Å². The van der Waals surface area contributed by atoms with Gasteiger partial charge in [0.15, 0.2) is 0 Å². The third-order valence-corrected chi connectivity index (χ3v) is 6.47. The van der Waals surface area contributed by atoms with Gasteiger partial charge in [0.1, 0.15) is 0 Å². The summed E-state index contributed by atoms with van der Waals surface area (Å²) in [4.78, 5) is 10.7. The number of carbonyl (C=O) groups excluding carboxylic acids is 1. The van der Waals surface area contributed by atoms with E-state index in [9.17, 15) is 21.6 Å². The molecule has 1 aromatic carbocycles. The molecule has 0 unspecified atom stereocenters. The maximum Gasteiger partial charge on any atom is 0.243 e. The number of likely N-dealkylation sites (N-methyl/N-ethyl adjacent to an activating group) is 1. The lowest BCUT2D eigenvalue weighted by atomic mass is 10.4. The Hall–Kier alpha value is -1.49. The van der Waals surface area contributed by atoms with Crippen LogP contribution in [0.5, 0.6) is 0 Å². The largest absolute Gasteiger partial charge is 0.369 e. The van der Waals surface area contributed by atoms with E-state index in [4.69, 9.17) is 5.73 Å². The third kappa shape index (κ3) is 3.83. The molecule has 22 heavy (non-hydrogen) atoms. The molecule has 0 saturated heterocycles. The first-order chi connectivity index (χ1) is 10.1. The van der Waals surface area contributed by atoms with Gasteiger partial charge in [-0.2, -0.15) is 4.31 Å². The zero-order valence-corrected chi connectivity index (χ0v) is 13.5. The summed E-state index contributed by atoms with van der Waals surface area (Å²) < 4.78 is 51.6. The molecule has 0 spiro atoms. The topological polar surface area (TPSA) is 127 Å². The number of nitrogens with one attached hydrogen (secondary N) is 1. The Bertz CT molecular complexity index is 767. The van der Waals surface area contributed by atoms with Crippen molar-refractivity contribution in [3.05, 3.63) is 24.3 Å². The Morgan fingerprint density at radius 2 is 1.68 bits per heavy atom. The monoisotopic (exact) mass is 347 g/mol. The number of carbonyl (C=O) groups is 1. The van der Waals surface area contributed by atoms with Crippen LogP contribution in [0.2, 0.25) is 0 Å². The van der Waals surface area contributed by atoms with Crippen molar-refractivity contribution in [3.8, 4) is 0 Å². The molecule has 0 radical (unpaired) electrons. The third-order valence-electron chi connectivity index (χ3n) is 3.12. The van der Waals surface area contributed by atoms with Crippen LogP contribution in [0.15, 0.2) is 34.1 Å². The number of nitrogens with zero attached hydrogens (tertiary/aromatic N) is 1. The summed E-state index contributed by atoms with van der Waals surface area (Å²) in [6, 6.07) is 4.78. The van der Waals surface area contributed by atoms with Crippen molar-refractivity contribution in [3.63, 3.8) is 0 Å². The van der Waals surface area contributed by atoms with Crippen LogP contribution in [0.25, 0.3) is 0 Å². The maximum absolute atomic E-state index is 12.2. The predicted molar refractivity (Wildman–Crippen MR) is 78.8 cm³/mol. The fraction of sp³-hybridized carbons (Fsp3) is 0.417. The second kappa shape index (κ2) is 5.95. The lowest BCUT2D eigenvalue weighted by molar-refractivity contribution is -0.118. The van der Waals surface area contributed by atoms with E-state index in [1.165, 1.54) is 31.3 Å². The molecule has 0 aliphatic heterocycles. The number of hydrogen-bond acceptors (Lipinski definition) is 5. The molecule has 0 atom stereocenters. The van der Waals surface area contributed by atoms with Crippen LogP contribution < -0.4 is 10.5 Å². The molecule has 2 rings (SSSR count). The summed E-state index contributed by atoms with van der Waals surface area (Å²) in [6.07, 6.45) is 1.62. The first-order valence-corrected chi connectivity index (χ1v) is 9.42. The Kier molecular flexibility index (Phi) is 4.57. The molecule has 1 saturated carbocycles. The number of rotatable bonds is 7. The predicted octanol–water partition coefficient (Wildman–Crippen LogP) is -0.767. The molecule has 3 N–H and O–H groups in total. The molecule has 1 fully saturated rings. The molecule has 1 aromatic rings. The molecule has 0 aromatic heterocycles. The minimum atomic E-state index is -3.89. The van der Waals surface area contributed by atoms with Crippen molar-refractivity contribution >= 4 is 26.0 Å². The van der Waals surface area contributed by atoms with Crippen molar-refractivity contribution in [1.82, 2.24) is 9.03 Å². The maximum atomic E-state index is 12.2. The van der Waals surface area contributed by atoms with Gasteiger partial charge in [-0.3, -0.25) is 4.79 Å². The van der Waals surface area contributed by atoms with E-state index in [-0.39, 0.29) is 15.8 Å². The Morgan fingerprint density at radius 3 is 2.14 bits per heavy atom. The summed E-state index contributed by atoms with van der Waals surface area (Å²) in [7, 11) is -6.30. The molecule has 1 amide bonds. The lowest BCUT2D eigenvalue weighted by Crippen LogP contribution is -2.35. The fourth-order valence-corrected chi connectivity index (χ4v) is 4.21. The number of nitrogens with two attached hydrogens (primary N) is 1. The molecule has 122 valence electrons. The summed E-state index contributed by atoms with van der Waals surface area (Å²) >= 11 is 0. The molecule has 10 heteroatoms. The van der Waals surface area contributed by atoms with Gasteiger partial charge in [0.25, 0.3) is 0 Å². The van der Waals surface area contributed by atoms with E-state index in [0.29, 0.717) is 0 Å². The zero-order chi connectivity index (χ0) is 16.5. The molecule has 1 aliphatic carbocycles. The highest BCUT2D eigenvalue weighted by atomic mass is 32.2. The van der Waals surface area contributed by atoms with Crippen LogP contribution >= 0.6 is 0 Å². The van der Waals surface area contributed by atoms with Crippen LogP contribution in [-0.2, 0) is 24.8 Å². The second-order valence-corrected chi connectivity index (χ2v) is 8.85. The average molecular weight is 347 g/mol. The van der Waals surface area contributed by atoms with Crippen molar-refractivity contribution in [2.75, 3.05) is 13.6 Å². The van der Waals surface area contributed by atoms with Gasteiger partial charge in [0, 0.05) is 13.1 Å². The van der Waals surface area contributed by atoms with E-state index >= 15 is 0 Å². The molecule has 8 nitrogen and oxygen atoms in total. The highest BCUT2D eigenvalue weighted by molar-refractivity contribution is 7.89. The first-order valence-electron chi connectivity index (χ1n) is 6.50. The highest BCUT2D eigenvalue weighted by Crippen LogP contribution is 2.23. The fourth-order valence-electron chi connectivity index (χ4n) is 1.76. The summed E-state index contributed by atoms with van der Waals surface area (Å²) in [5.74, 6) is -0.779. The van der Waals surface area contributed by atoms with Crippen molar-refractivity contribution < 1.29 is 21.6 Å². The van der Waals surface area contributed by atoms with Crippen LogP contribution in [0, 0.1) is 0 Å². The van der Waals surface area contributed by atoms with E-state index in [1.807, 2.05) is 0 Å². The van der Waals surface area contributed by atoms with Crippen LogP contribution in [0.3, 0.4) is 0 Å². The van der Waals surface area contributed by atoms with Crippen LogP contribution in [0.4, 0.5) is 0 Å². The number of sulfonamides is 2. The normalized spacial score (nSPS) is 15.9. The average Bonchev–Trinajstić information content (AvgIpc) is 3.21. The minimum Gasteiger partial charge on any atom is -0.369 e. The van der Waals surface area contributed by atoms with Gasteiger partial charge in [0.05, 0.1) is 16.3 Å². The van der Waals surface area contributed by atoms with Gasteiger partial charge in [0.2, 0.25) is 26.0 Å². The smallest absolute Gasteiger partial charge is 0.243 e. The highest BCUT2D eigenvalue weighted by Gasteiger charge is 2.28. The van der Waals surface area contributed by atoms with Gasteiger partial charge in [-0.1, -0.05) is 0 Å². The van der Waals surface area contributed by atoms with Crippen LogP contribution in [-0.4, -0.2) is 46.7 Å². The van der Waals surface area contributed by atoms with Gasteiger partial charge in [-0.05, 0) is 37.1 Å². The second-order valence-electron chi connectivity index (χ2n) is 5.09. The van der Waals surface area contributed by atoms with Gasteiger partial charge >= 0.3 is 0 Å². The van der Waals surface area contributed by atoms with Crippen molar-refractivity contribution in [1.29, 1.82) is 0 Å². The zero-order valence-electron chi connectivity index (χ0n) is 11.9. The number of amides is 1. The van der Waals surface area contributed by atoms with E-state index in [2.05, 4.69) is 4.72 Å². The SMILES string of the molecule is CN(CC(N)=O)S(=O)(=O)c1ccc(S(=O)(=O)NC2CC2)cc1. The van der Waals surface area contributed by atoms with Gasteiger partial charge in [-0.15, -0.1) is 0 Å². The molecule has 1 aliphatic rings. The standard InChI is InChI=1S/C12H17N3O5S2/c1-15(8-12(13)16)22(19,20)11-6-4-10(5-7-11)21(17,18)14-9-2-3-9/h4-7,9,14H,2-3,8H2,1H3,(H2,13,16). The molecule has 0 bridgehead atoms. The molecular weight excluding hydrogens is 330 g/mol. The minimum absolute atomic E-state index is 0.00379. The van der Waals surface area contributed by atoms with E-state index < -0.39 is 32.5 Å². The summed E-state index contributed by atoms with van der Waals surface area (Å²) in [6.45, 7) is -0.453. The summed E-state index contributed by atoms with van der Waals surface area (Å²) in [5.41, 5.74) is 4.97. The van der Waals surface area contributed by atoms with E-state index in [1.54, 1.807) is 0 Å². The molecular formula is C12H17N3O5S2. The number of benzene rings is 1. The number of primary amides is 1. The lowest BCUT2D eigenvalue weighted by Gasteiger charge is -2.15. The van der Waals surface area contributed by atoms with E-state index in [0.717, 1.165) is 17.1 Å². The molecule has 0 heterocycles. The Morgan fingerprint density at radius 1 is 1.18 bits per heavy atom. The Balaban J connectivity index is 2.22. The van der Waals surface area contributed by atoms with Gasteiger partial charge in [-0.25, -0.2) is 21.6 Å². The number of hydrogen-bond donors (Lipinski definition) is 2. The summed E-state index contributed by atoms with van der Waals surface area (Å²) in [5, 5.41) is 0. The van der Waals surface area contributed by atoms with Crippen molar-refractivity contribution in [2.45, 2.75) is 28.7 Å². The van der Waals surface area contributed by atoms with Crippen LogP contribution in [0.1, 0.15) is 12.8 Å². The Labute approximate surface area is 129 Å². The van der Waals surface area contributed by atoms with Gasteiger partial charge < -0.3 is 5.73 Å². The quantitative estimate of drug-likeness (QED) is 0.670.